The summed E-state index contributed by atoms with van der Waals surface area (Å²) in [5, 5.41) is 5.64. The van der Waals surface area contributed by atoms with Crippen molar-refractivity contribution < 1.29 is 4.79 Å². The zero-order valence-electron chi connectivity index (χ0n) is 11.4. The molecule has 0 spiro atoms. The van der Waals surface area contributed by atoms with E-state index in [1.54, 1.807) is 12.4 Å². The SMILES string of the molecule is CC(N)CCNC(=O)Cc1csc(-c2cccnc2)n1. The number of rotatable bonds is 6. The molecule has 0 bridgehead atoms. The van der Waals surface area contributed by atoms with Crippen LogP contribution in [0.25, 0.3) is 10.6 Å². The molecule has 2 heterocycles. The van der Waals surface area contributed by atoms with Gasteiger partial charge in [-0.3, -0.25) is 9.78 Å². The lowest BCUT2D eigenvalue weighted by Crippen LogP contribution is -2.30. The van der Waals surface area contributed by atoms with Gasteiger partial charge in [0.05, 0.1) is 12.1 Å². The number of nitrogens with zero attached hydrogens (tertiary/aromatic N) is 2. The van der Waals surface area contributed by atoms with Crippen LogP contribution in [0.3, 0.4) is 0 Å². The van der Waals surface area contributed by atoms with Crippen molar-refractivity contribution in [3.63, 3.8) is 0 Å². The van der Waals surface area contributed by atoms with Gasteiger partial charge in [0.25, 0.3) is 0 Å². The normalized spacial score (nSPS) is 12.1. The molecule has 0 saturated carbocycles. The third-order valence-electron chi connectivity index (χ3n) is 2.72. The standard InChI is InChI=1S/C14H18N4OS/c1-10(15)4-6-17-13(19)7-12-9-20-14(18-12)11-3-2-5-16-8-11/h2-3,5,8-10H,4,6-7,15H2,1H3,(H,17,19). The van der Waals surface area contributed by atoms with Gasteiger partial charge in [-0.15, -0.1) is 11.3 Å². The van der Waals surface area contributed by atoms with E-state index in [0.29, 0.717) is 13.0 Å². The van der Waals surface area contributed by atoms with Gasteiger partial charge in [0.2, 0.25) is 5.91 Å². The summed E-state index contributed by atoms with van der Waals surface area (Å²) in [7, 11) is 0. The fraction of sp³-hybridized carbons (Fsp3) is 0.357. The summed E-state index contributed by atoms with van der Waals surface area (Å²) in [6.45, 7) is 2.53. The molecule has 6 heteroatoms. The van der Waals surface area contributed by atoms with Gasteiger partial charge in [0, 0.05) is 35.9 Å². The van der Waals surface area contributed by atoms with Gasteiger partial charge in [0.1, 0.15) is 5.01 Å². The number of hydrogen-bond acceptors (Lipinski definition) is 5. The number of hydrogen-bond donors (Lipinski definition) is 2. The summed E-state index contributed by atoms with van der Waals surface area (Å²) < 4.78 is 0. The number of aromatic nitrogens is 2. The molecule has 2 aromatic rings. The molecule has 0 saturated heterocycles. The Morgan fingerprint density at radius 1 is 1.55 bits per heavy atom. The Balaban J connectivity index is 1.88. The lowest BCUT2D eigenvalue weighted by atomic mass is 10.2. The molecule has 3 N–H and O–H groups in total. The number of nitrogens with two attached hydrogens (primary N) is 1. The molecule has 1 amide bonds. The van der Waals surface area contributed by atoms with Crippen molar-refractivity contribution in [3.05, 3.63) is 35.6 Å². The molecule has 2 aromatic heterocycles. The van der Waals surface area contributed by atoms with Gasteiger partial charge in [-0.25, -0.2) is 4.98 Å². The van der Waals surface area contributed by atoms with E-state index >= 15 is 0 Å². The molecule has 0 fully saturated rings. The van der Waals surface area contributed by atoms with Crippen LogP contribution in [-0.4, -0.2) is 28.5 Å². The Bertz CT molecular complexity index is 553. The van der Waals surface area contributed by atoms with E-state index in [2.05, 4.69) is 15.3 Å². The van der Waals surface area contributed by atoms with Gasteiger partial charge < -0.3 is 11.1 Å². The van der Waals surface area contributed by atoms with Crippen molar-refractivity contribution >= 4 is 17.2 Å². The highest BCUT2D eigenvalue weighted by atomic mass is 32.1. The zero-order valence-corrected chi connectivity index (χ0v) is 12.2. The Morgan fingerprint density at radius 3 is 3.10 bits per heavy atom. The fourth-order valence-corrected chi connectivity index (χ4v) is 2.49. The minimum atomic E-state index is -0.0197. The molecule has 20 heavy (non-hydrogen) atoms. The summed E-state index contributed by atoms with van der Waals surface area (Å²) in [6.07, 6.45) is 4.58. The summed E-state index contributed by atoms with van der Waals surface area (Å²) in [4.78, 5) is 20.3. The first-order valence-electron chi connectivity index (χ1n) is 6.52. The van der Waals surface area contributed by atoms with Crippen molar-refractivity contribution in [2.24, 2.45) is 5.73 Å². The van der Waals surface area contributed by atoms with Gasteiger partial charge >= 0.3 is 0 Å². The highest BCUT2D eigenvalue weighted by Gasteiger charge is 2.09. The molecular weight excluding hydrogens is 272 g/mol. The molecule has 0 aliphatic heterocycles. The van der Waals surface area contributed by atoms with Gasteiger partial charge in [-0.05, 0) is 25.5 Å². The quantitative estimate of drug-likeness (QED) is 0.846. The predicted molar refractivity (Wildman–Crippen MR) is 80.3 cm³/mol. The highest BCUT2D eigenvalue weighted by Crippen LogP contribution is 2.22. The van der Waals surface area contributed by atoms with Crippen LogP contribution in [0.5, 0.6) is 0 Å². The average Bonchev–Trinajstić information content (AvgIpc) is 2.88. The Kier molecular flexibility index (Phi) is 5.20. The second kappa shape index (κ2) is 7.12. The zero-order chi connectivity index (χ0) is 14.4. The third kappa shape index (κ3) is 4.40. The molecule has 5 nitrogen and oxygen atoms in total. The molecule has 0 aliphatic rings. The second-order valence-electron chi connectivity index (χ2n) is 4.68. The van der Waals surface area contributed by atoms with Crippen LogP contribution < -0.4 is 11.1 Å². The van der Waals surface area contributed by atoms with Crippen molar-refractivity contribution in [1.29, 1.82) is 0 Å². The Morgan fingerprint density at radius 2 is 2.40 bits per heavy atom. The minimum absolute atomic E-state index is 0.0197. The maximum Gasteiger partial charge on any atom is 0.226 e. The van der Waals surface area contributed by atoms with Crippen LogP contribution in [0.4, 0.5) is 0 Å². The third-order valence-corrected chi connectivity index (χ3v) is 3.66. The minimum Gasteiger partial charge on any atom is -0.356 e. The van der Waals surface area contributed by atoms with Gasteiger partial charge in [-0.2, -0.15) is 0 Å². The Hall–Kier alpha value is -1.79. The van der Waals surface area contributed by atoms with Gasteiger partial charge in [-0.1, -0.05) is 0 Å². The molecule has 2 rings (SSSR count). The molecular formula is C14H18N4OS. The van der Waals surface area contributed by atoms with Crippen molar-refractivity contribution in [2.75, 3.05) is 6.54 Å². The molecule has 1 atom stereocenters. The van der Waals surface area contributed by atoms with E-state index in [0.717, 1.165) is 22.7 Å². The van der Waals surface area contributed by atoms with E-state index in [4.69, 9.17) is 5.73 Å². The smallest absolute Gasteiger partial charge is 0.226 e. The fourth-order valence-electron chi connectivity index (χ4n) is 1.68. The highest BCUT2D eigenvalue weighted by molar-refractivity contribution is 7.13. The lowest BCUT2D eigenvalue weighted by Gasteiger charge is -2.06. The van der Waals surface area contributed by atoms with Crippen LogP contribution >= 0.6 is 11.3 Å². The molecule has 106 valence electrons. The molecule has 0 radical (unpaired) electrons. The summed E-state index contributed by atoms with van der Waals surface area (Å²) >= 11 is 1.52. The number of thiazole rings is 1. The summed E-state index contributed by atoms with van der Waals surface area (Å²) in [5.74, 6) is -0.0197. The van der Waals surface area contributed by atoms with Crippen molar-refractivity contribution in [2.45, 2.75) is 25.8 Å². The van der Waals surface area contributed by atoms with E-state index in [1.807, 2.05) is 24.4 Å². The largest absolute Gasteiger partial charge is 0.356 e. The topological polar surface area (TPSA) is 80.9 Å². The van der Waals surface area contributed by atoms with Crippen molar-refractivity contribution in [3.8, 4) is 10.6 Å². The lowest BCUT2D eigenvalue weighted by molar-refractivity contribution is -0.120. The van der Waals surface area contributed by atoms with Crippen LogP contribution in [0.2, 0.25) is 0 Å². The van der Waals surface area contributed by atoms with Crippen molar-refractivity contribution in [1.82, 2.24) is 15.3 Å². The first-order chi connectivity index (χ1) is 9.65. The van der Waals surface area contributed by atoms with E-state index in [1.165, 1.54) is 11.3 Å². The second-order valence-corrected chi connectivity index (χ2v) is 5.54. The van der Waals surface area contributed by atoms with E-state index in [-0.39, 0.29) is 11.9 Å². The average molecular weight is 290 g/mol. The summed E-state index contributed by atoms with van der Waals surface area (Å²) in [6, 6.07) is 3.93. The molecule has 0 aliphatic carbocycles. The maximum absolute atomic E-state index is 11.7. The van der Waals surface area contributed by atoms with Crippen LogP contribution in [0.1, 0.15) is 19.0 Å². The number of amides is 1. The summed E-state index contributed by atoms with van der Waals surface area (Å²) in [5.41, 5.74) is 7.39. The number of carbonyl (C=O) groups is 1. The number of pyridine rings is 1. The van der Waals surface area contributed by atoms with E-state index < -0.39 is 0 Å². The maximum atomic E-state index is 11.7. The first kappa shape index (κ1) is 14.6. The number of carbonyl (C=O) groups excluding carboxylic acids is 1. The van der Waals surface area contributed by atoms with Gasteiger partial charge in [0.15, 0.2) is 0 Å². The number of nitrogens with one attached hydrogen (secondary N) is 1. The molecule has 1 unspecified atom stereocenters. The van der Waals surface area contributed by atoms with Crippen LogP contribution in [-0.2, 0) is 11.2 Å². The Labute approximate surface area is 122 Å². The predicted octanol–water partition coefficient (Wildman–Crippen LogP) is 1.60. The van der Waals surface area contributed by atoms with Crippen LogP contribution in [0.15, 0.2) is 29.9 Å². The van der Waals surface area contributed by atoms with E-state index in [9.17, 15) is 4.79 Å². The first-order valence-corrected chi connectivity index (χ1v) is 7.40. The monoisotopic (exact) mass is 290 g/mol. The molecule has 0 aromatic carbocycles. The van der Waals surface area contributed by atoms with Crippen LogP contribution in [0, 0.1) is 0 Å².